The van der Waals surface area contributed by atoms with E-state index < -0.39 is 0 Å². The zero-order valence-corrected chi connectivity index (χ0v) is 13.6. The molecule has 1 atom stereocenters. The first-order chi connectivity index (χ1) is 10.0. The lowest BCUT2D eigenvalue weighted by atomic mass is 10.0. The van der Waals surface area contributed by atoms with Crippen molar-refractivity contribution in [2.24, 2.45) is 0 Å². The van der Waals surface area contributed by atoms with Crippen molar-refractivity contribution in [2.75, 3.05) is 0 Å². The molecule has 0 unspecified atom stereocenters. The molecule has 108 valence electrons. The van der Waals surface area contributed by atoms with Gasteiger partial charge in [0.2, 0.25) is 0 Å². The number of nitrogens with one attached hydrogen (secondary N) is 1. The third-order valence-corrected chi connectivity index (χ3v) is 4.62. The van der Waals surface area contributed by atoms with Gasteiger partial charge in [0.25, 0.3) is 0 Å². The number of aromatic nitrogens is 2. The third kappa shape index (κ3) is 2.24. The Hall–Kier alpha value is -1.46. The van der Waals surface area contributed by atoms with Gasteiger partial charge in [-0.1, -0.05) is 15.9 Å². The van der Waals surface area contributed by atoms with Crippen LogP contribution in [0.2, 0.25) is 0 Å². The second-order valence-electron chi connectivity index (χ2n) is 6.30. The minimum Gasteiger partial charge on any atom is -0.453 e. The number of rotatable bonds is 1. The number of furan rings is 1. The van der Waals surface area contributed by atoms with Crippen molar-refractivity contribution in [3.63, 3.8) is 0 Å². The van der Waals surface area contributed by atoms with Crippen molar-refractivity contribution in [1.82, 2.24) is 15.3 Å². The first kappa shape index (κ1) is 13.2. The lowest BCUT2D eigenvalue weighted by molar-refractivity contribution is 0.427. The summed E-state index contributed by atoms with van der Waals surface area (Å²) < 4.78 is 6.83. The molecule has 0 radical (unpaired) electrons. The Kier molecular flexibility index (Phi) is 2.84. The van der Waals surface area contributed by atoms with Gasteiger partial charge in [-0.3, -0.25) is 0 Å². The van der Waals surface area contributed by atoms with Crippen LogP contribution in [0.25, 0.3) is 22.1 Å². The molecule has 2 aromatic heterocycles. The van der Waals surface area contributed by atoms with Gasteiger partial charge in [0.1, 0.15) is 16.9 Å². The van der Waals surface area contributed by atoms with E-state index in [0.717, 1.165) is 45.2 Å². The van der Waals surface area contributed by atoms with Crippen molar-refractivity contribution >= 4 is 38.0 Å². The number of benzene rings is 1. The van der Waals surface area contributed by atoms with Crippen molar-refractivity contribution in [2.45, 2.75) is 38.3 Å². The molecule has 3 heterocycles. The van der Waals surface area contributed by atoms with Gasteiger partial charge in [-0.15, -0.1) is 0 Å². The molecule has 0 spiro atoms. The highest BCUT2D eigenvalue weighted by Crippen LogP contribution is 2.33. The predicted molar refractivity (Wildman–Crippen MR) is 86.2 cm³/mol. The zero-order chi connectivity index (χ0) is 14.6. The molecule has 1 aliphatic rings. The van der Waals surface area contributed by atoms with Gasteiger partial charge < -0.3 is 9.73 Å². The summed E-state index contributed by atoms with van der Waals surface area (Å²) in [6.07, 6.45) is 3.99. The molecule has 0 saturated carbocycles. The highest BCUT2D eigenvalue weighted by Gasteiger charge is 2.32. The Labute approximate surface area is 131 Å². The lowest BCUT2D eigenvalue weighted by Crippen LogP contribution is -2.34. The average molecular weight is 346 g/mol. The van der Waals surface area contributed by atoms with Crippen LogP contribution in [0.4, 0.5) is 0 Å². The quantitative estimate of drug-likeness (QED) is 0.712. The van der Waals surface area contributed by atoms with E-state index in [1.54, 1.807) is 6.20 Å². The molecule has 4 rings (SSSR count). The first-order valence-electron chi connectivity index (χ1n) is 7.14. The number of fused-ring (bicyclic) bond motifs is 3. The number of nitrogens with zero attached hydrogens (tertiary/aromatic N) is 2. The van der Waals surface area contributed by atoms with Crippen molar-refractivity contribution < 1.29 is 4.42 Å². The molecule has 1 N–H and O–H groups in total. The summed E-state index contributed by atoms with van der Waals surface area (Å²) in [7, 11) is 0. The fourth-order valence-electron chi connectivity index (χ4n) is 3.03. The monoisotopic (exact) mass is 345 g/mol. The predicted octanol–water partition coefficient (Wildman–Crippen LogP) is 4.34. The fraction of sp³-hybridized carbons (Fsp3) is 0.375. The van der Waals surface area contributed by atoms with E-state index in [-0.39, 0.29) is 11.6 Å². The summed E-state index contributed by atoms with van der Waals surface area (Å²) in [4.78, 5) is 9.26. The Morgan fingerprint density at radius 3 is 2.95 bits per heavy atom. The Bertz CT molecular complexity index is 840. The zero-order valence-electron chi connectivity index (χ0n) is 12.0. The molecule has 1 aliphatic heterocycles. The minimum absolute atomic E-state index is 0.157. The topological polar surface area (TPSA) is 51.0 Å². The molecule has 1 fully saturated rings. The smallest absolute Gasteiger partial charge is 0.172 e. The summed E-state index contributed by atoms with van der Waals surface area (Å²) in [6.45, 7) is 4.44. The first-order valence-corrected chi connectivity index (χ1v) is 7.94. The average Bonchev–Trinajstić information content (AvgIpc) is 2.98. The summed E-state index contributed by atoms with van der Waals surface area (Å²) in [5.74, 6) is 0.857. The van der Waals surface area contributed by atoms with Crippen LogP contribution < -0.4 is 5.32 Å². The highest BCUT2D eigenvalue weighted by molar-refractivity contribution is 9.10. The Morgan fingerprint density at radius 2 is 2.19 bits per heavy atom. The molecule has 0 amide bonds. The summed E-state index contributed by atoms with van der Waals surface area (Å²) in [5, 5.41) is 4.63. The van der Waals surface area contributed by atoms with Gasteiger partial charge in [0, 0.05) is 15.4 Å². The van der Waals surface area contributed by atoms with Crippen LogP contribution >= 0.6 is 15.9 Å². The van der Waals surface area contributed by atoms with Crippen molar-refractivity contribution in [3.05, 3.63) is 34.7 Å². The van der Waals surface area contributed by atoms with Crippen LogP contribution in [0.15, 0.2) is 33.3 Å². The van der Waals surface area contributed by atoms with Gasteiger partial charge in [0.05, 0.1) is 12.2 Å². The molecule has 3 aromatic rings. The van der Waals surface area contributed by atoms with Crippen LogP contribution in [-0.4, -0.2) is 15.5 Å². The van der Waals surface area contributed by atoms with E-state index >= 15 is 0 Å². The van der Waals surface area contributed by atoms with Crippen LogP contribution in [0.1, 0.15) is 38.6 Å². The van der Waals surface area contributed by atoms with Gasteiger partial charge in [-0.05, 0) is 44.9 Å². The highest BCUT2D eigenvalue weighted by atomic mass is 79.9. The lowest BCUT2D eigenvalue weighted by Gasteiger charge is -2.19. The van der Waals surface area contributed by atoms with E-state index in [1.165, 1.54) is 0 Å². The molecule has 21 heavy (non-hydrogen) atoms. The standard InChI is InChI=1S/C16H16BrN3O/c1-16(2)6-5-11(20-16)15-18-8-13-14(19-15)10-7-9(17)3-4-12(10)21-13/h3-4,7-8,11,20H,5-6H2,1-2H3/t11-/m0/s1. The minimum atomic E-state index is 0.157. The second kappa shape index (κ2) is 4.52. The molecule has 5 heteroatoms. The normalized spacial score (nSPS) is 21.4. The number of hydrogen-bond donors (Lipinski definition) is 1. The molecule has 1 saturated heterocycles. The van der Waals surface area contributed by atoms with E-state index in [4.69, 9.17) is 9.40 Å². The maximum atomic E-state index is 5.80. The fourth-order valence-corrected chi connectivity index (χ4v) is 3.39. The summed E-state index contributed by atoms with van der Waals surface area (Å²) >= 11 is 3.51. The molecular formula is C16H16BrN3O. The van der Waals surface area contributed by atoms with Crippen LogP contribution in [0, 0.1) is 0 Å². The van der Waals surface area contributed by atoms with E-state index in [2.05, 4.69) is 40.1 Å². The van der Waals surface area contributed by atoms with Crippen molar-refractivity contribution in [3.8, 4) is 0 Å². The molecule has 1 aromatic carbocycles. The van der Waals surface area contributed by atoms with Crippen LogP contribution in [-0.2, 0) is 0 Å². The Morgan fingerprint density at radius 1 is 1.33 bits per heavy atom. The second-order valence-corrected chi connectivity index (χ2v) is 7.22. The number of halogens is 1. The molecule has 4 nitrogen and oxygen atoms in total. The molecule has 0 aliphatic carbocycles. The van der Waals surface area contributed by atoms with Crippen LogP contribution in [0.3, 0.4) is 0 Å². The number of hydrogen-bond acceptors (Lipinski definition) is 4. The summed E-state index contributed by atoms with van der Waals surface area (Å²) in [6, 6.07) is 6.20. The summed E-state index contributed by atoms with van der Waals surface area (Å²) in [5.41, 5.74) is 2.64. The van der Waals surface area contributed by atoms with E-state index in [1.807, 2.05) is 18.2 Å². The maximum absolute atomic E-state index is 5.80. The van der Waals surface area contributed by atoms with Gasteiger partial charge in [-0.25, -0.2) is 9.97 Å². The Balaban J connectivity index is 1.85. The SMILES string of the molecule is CC1(C)CC[C@@H](c2ncc3oc4ccc(Br)cc4c3n2)N1. The van der Waals surface area contributed by atoms with Crippen LogP contribution in [0.5, 0.6) is 0 Å². The van der Waals surface area contributed by atoms with Gasteiger partial charge in [-0.2, -0.15) is 0 Å². The largest absolute Gasteiger partial charge is 0.453 e. The van der Waals surface area contributed by atoms with Gasteiger partial charge >= 0.3 is 0 Å². The van der Waals surface area contributed by atoms with Gasteiger partial charge in [0.15, 0.2) is 5.58 Å². The molecule has 0 bridgehead atoms. The van der Waals surface area contributed by atoms with E-state index in [0.29, 0.717) is 0 Å². The third-order valence-electron chi connectivity index (χ3n) is 4.13. The van der Waals surface area contributed by atoms with Crippen molar-refractivity contribution in [1.29, 1.82) is 0 Å². The van der Waals surface area contributed by atoms with E-state index in [9.17, 15) is 0 Å². The molecular weight excluding hydrogens is 330 g/mol. The maximum Gasteiger partial charge on any atom is 0.172 e.